The van der Waals surface area contributed by atoms with Crippen LogP contribution in [0, 0.1) is 13.8 Å². The first kappa shape index (κ1) is 24.9. The summed E-state index contributed by atoms with van der Waals surface area (Å²) in [5.41, 5.74) is 4.22. The number of carbonyl (C=O) groups excluding carboxylic acids is 2. The predicted octanol–water partition coefficient (Wildman–Crippen LogP) is 5.49. The van der Waals surface area contributed by atoms with Gasteiger partial charge in [-0.05, 0) is 91.7 Å². The molecule has 3 aromatic carbocycles. The monoisotopic (exact) mass is 498 g/mol. The fraction of sp³-hybridized carbons (Fsp3) is 0.138. The van der Waals surface area contributed by atoms with Crippen molar-refractivity contribution in [3.8, 4) is 11.5 Å². The molecule has 1 saturated heterocycles. The molecule has 3 aromatic rings. The van der Waals surface area contributed by atoms with E-state index in [1.54, 1.807) is 42.5 Å². The standard InChI is InChI=1S/C29H26N2O4S/c1-5-9-21-15-20(17-25(35-4)26(21)32)16-24-27(33)30(22-10-7-6-8-11-22)29(36)31(28(24)34)23-13-12-18(2)19(3)14-23/h5-8,10-17,32H,1,9H2,2-4H3/b24-16+. The number of anilines is 2. The van der Waals surface area contributed by atoms with Crippen LogP contribution in [0.4, 0.5) is 11.4 Å². The van der Waals surface area contributed by atoms with Crippen LogP contribution in [0.1, 0.15) is 22.3 Å². The summed E-state index contributed by atoms with van der Waals surface area (Å²) in [5.74, 6) is -0.839. The molecular formula is C29H26N2O4S. The van der Waals surface area contributed by atoms with Gasteiger partial charge >= 0.3 is 0 Å². The first-order chi connectivity index (χ1) is 17.3. The van der Waals surface area contributed by atoms with Crippen LogP contribution in [0.5, 0.6) is 11.5 Å². The van der Waals surface area contributed by atoms with Crippen LogP contribution >= 0.6 is 12.2 Å². The highest BCUT2D eigenvalue weighted by Gasteiger charge is 2.41. The van der Waals surface area contributed by atoms with Crippen LogP contribution < -0.4 is 14.5 Å². The summed E-state index contributed by atoms with van der Waals surface area (Å²) in [6.07, 6.45) is 3.54. The number of benzene rings is 3. The number of allylic oxidation sites excluding steroid dienone is 1. The fourth-order valence-electron chi connectivity index (χ4n) is 4.03. The first-order valence-corrected chi connectivity index (χ1v) is 11.7. The Morgan fingerprint density at radius 3 is 2.22 bits per heavy atom. The zero-order chi connectivity index (χ0) is 26.0. The average molecular weight is 499 g/mol. The average Bonchev–Trinajstić information content (AvgIpc) is 2.86. The lowest BCUT2D eigenvalue weighted by Gasteiger charge is -2.36. The Kier molecular flexibility index (Phi) is 7.03. The summed E-state index contributed by atoms with van der Waals surface area (Å²) >= 11 is 5.69. The van der Waals surface area contributed by atoms with Crippen molar-refractivity contribution in [3.05, 3.63) is 101 Å². The normalized spacial score (nSPS) is 15.0. The number of ether oxygens (including phenoxy) is 1. The number of para-hydroxylation sites is 1. The van der Waals surface area contributed by atoms with Gasteiger partial charge in [0.15, 0.2) is 16.6 Å². The molecule has 0 saturated carbocycles. The Morgan fingerprint density at radius 2 is 1.61 bits per heavy atom. The number of hydrogen-bond donors (Lipinski definition) is 1. The Balaban J connectivity index is 1.90. The Bertz CT molecular complexity index is 1410. The quantitative estimate of drug-likeness (QED) is 0.211. The first-order valence-electron chi connectivity index (χ1n) is 11.3. The van der Waals surface area contributed by atoms with Gasteiger partial charge < -0.3 is 9.84 Å². The lowest BCUT2D eigenvalue weighted by Crippen LogP contribution is -2.57. The van der Waals surface area contributed by atoms with E-state index in [0.29, 0.717) is 28.9 Å². The lowest BCUT2D eigenvalue weighted by molar-refractivity contribution is -0.120. The number of phenols is 1. The number of thiocarbonyl (C=S) groups is 1. The number of methoxy groups -OCH3 is 1. The largest absolute Gasteiger partial charge is 0.504 e. The third-order valence-electron chi connectivity index (χ3n) is 6.08. The number of aryl methyl sites for hydroxylation is 2. The highest BCUT2D eigenvalue weighted by Crippen LogP contribution is 2.35. The molecular weight excluding hydrogens is 472 g/mol. The van der Waals surface area contributed by atoms with Gasteiger partial charge in [0.1, 0.15) is 5.57 Å². The molecule has 6 nitrogen and oxygen atoms in total. The van der Waals surface area contributed by atoms with Crippen molar-refractivity contribution in [2.75, 3.05) is 16.9 Å². The van der Waals surface area contributed by atoms with Crippen molar-refractivity contribution in [2.24, 2.45) is 0 Å². The minimum Gasteiger partial charge on any atom is -0.504 e. The Hall–Kier alpha value is -4.23. The maximum atomic E-state index is 13.8. The van der Waals surface area contributed by atoms with Crippen LogP contribution in [-0.4, -0.2) is 29.1 Å². The van der Waals surface area contributed by atoms with E-state index in [9.17, 15) is 14.7 Å². The number of nitrogens with zero attached hydrogens (tertiary/aromatic N) is 2. The van der Waals surface area contributed by atoms with E-state index >= 15 is 0 Å². The van der Waals surface area contributed by atoms with E-state index in [1.807, 2.05) is 38.1 Å². The molecule has 7 heteroatoms. The topological polar surface area (TPSA) is 70.1 Å². The second-order valence-electron chi connectivity index (χ2n) is 8.45. The minimum absolute atomic E-state index is 0.00954. The molecule has 0 unspecified atom stereocenters. The number of carbonyl (C=O) groups is 2. The molecule has 0 atom stereocenters. The van der Waals surface area contributed by atoms with Crippen molar-refractivity contribution in [2.45, 2.75) is 20.3 Å². The van der Waals surface area contributed by atoms with Crippen LogP contribution in [0.25, 0.3) is 6.08 Å². The van der Waals surface area contributed by atoms with Crippen molar-refractivity contribution < 1.29 is 19.4 Å². The van der Waals surface area contributed by atoms with E-state index in [0.717, 1.165) is 11.1 Å². The number of phenolic OH excluding ortho intramolecular Hbond substituents is 1. The molecule has 0 bridgehead atoms. The van der Waals surface area contributed by atoms with E-state index < -0.39 is 11.8 Å². The number of aromatic hydroxyl groups is 1. The van der Waals surface area contributed by atoms with Gasteiger partial charge in [0, 0.05) is 5.56 Å². The third kappa shape index (κ3) is 4.53. The van der Waals surface area contributed by atoms with E-state index in [1.165, 1.54) is 23.0 Å². The number of rotatable bonds is 6. The summed E-state index contributed by atoms with van der Waals surface area (Å²) < 4.78 is 5.31. The van der Waals surface area contributed by atoms with Crippen molar-refractivity contribution in [1.82, 2.24) is 0 Å². The Labute approximate surface area is 215 Å². The maximum absolute atomic E-state index is 13.8. The lowest BCUT2D eigenvalue weighted by atomic mass is 10.0. The zero-order valence-corrected chi connectivity index (χ0v) is 21.1. The zero-order valence-electron chi connectivity index (χ0n) is 20.3. The van der Waals surface area contributed by atoms with Gasteiger partial charge in [-0.25, -0.2) is 0 Å². The highest BCUT2D eigenvalue weighted by molar-refractivity contribution is 7.81. The molecule has 1 aliphatic rings. The minimum atomic E-state index is -0.534. The molecule has 1 fully saturated rings. The highest BCUT2D eigenvalue weighted by atomic mass is 32.1. The summed E-state index contributed by atoms with van der Waals surface area (Å²) in [5, 5.41) is 10.5. The molecule has 4 rings (SSSR count). The SMILES string of the molecule is C=CCc1cc(/C=C2\C(=O)N(c3ccccc3)C(=S)N(c3ccc(C)c(C)c3)C2=O)cc(OC)c1O. The molecule has 1 heterocycles. The molecule has 0 spiro atoms. The summed E-state index contributed by atoms with van der Waals surface area (Å²) in [7, 11) is 1.44. The smallest absolute Gasteiger partial charge is 0.270 e. The van der Waals surface area contributed by atoms with Gasteiger partial charge in [0.25, 0.3) is 11.8 Å². The molecule has 1 aliphatic heterocycles. The van der Waals surface area contributed by atoms with Crippen LogP contribution in [0.3, 0.4) is 0 Å². The van der Waals surface area contributed by atoms with Gasteiger partial charge in [-0.2, -0.15) is 0 Å². The van der Waals surface area contributed by atoms with Crippen LogP contribution in [0.2, 0.25) is 0 Å². The van der Waals surface area contributed by atoms with Gasteiger partial charge in [-0.15, -0.1) is 6.58 Å². The molecule has 2 amide bonds. The van der Waals surface area contributed by atoms with E-state index in [-0.39, 0.29) is 22.2 Å². The molecule has 0 radical (unpaired) electrons. The molecule has 0 aromatic heterocycles. The van der Waals surface area contributed by atoms with Crippen LogP contribution in [0.15, 0.2) is 78.9 Å². The van der Waals surface area contributed by atoms with Crippen molar-refractivity contribution >= 4 is 46.6 Å². The summed E-state index contributed by atoms with van der Waals surface area (Å²) in [6, 6.07) is 17.9. The third-order valence-corrected chi connectivity index (χ3v) is 6.45. The number of amides is 2. The fourth-order valence-corrected chi connectivity index (χ4v) is 4.41. The predicted molar refractivity (Wildman–Crippen MR) is 146 cm³/mol. The second kappa shape index (κ2) is 10.2. The summed E-state index contributed by atoms with van der Waals surface area (Å²) in [6.45, 7) is 7.67. The van der Waals surface area contributed by atoms with Gasteiger partial charge in [-0.3, -0.25) is 19.4 Å². The van der Waals surface area contributed by atoms with Crippen molar-refractivity contribution in [1.29, 1.82) is 0 Å². The molecule has 1 N–H and O–H groups in total. The maximum Gasteiger partial charge on any atom is 0.270 e. The van der Waals surface area contributed by atoms with Gasteiger partial charge in [0.05, 0.1) is 18.5 Å². The molecule has 36 heavy (non-hydrogen) atoms. The number of hydrogen-bond acceptors (Lipinski definition) is 5. The van der Waals surface area contributed by atoms with Crippen molar-refractivity contribution in [3.63, 3.8) is 0 Å². The van der Waals surface area contributed by atoms with E-state index in [2.05, 4.69) is 6.58 Å². The van der Waals surface area contributed by atoms with Gasteiger partial charge in [-0.1, -0.05) is 30.3 Å². The molecule has 0 aliphatic carbocycles. The van der Waals surface area contributed by atoms with E-state index in [4.69, 9.17) is 17.0 Å². The second-order valence-corrected chi connectivity index (χ2v) is 8.81. The van der Waals surface area contributed by atoms with Gasteiger partial charge in [0.2, 0.25) is 0 Å². The molecule has 182 valence electrons. The Morgan fingerprint density at radius 1 is 0.944 bits per heavy atom. The summed E-state index contributed by atoms with van der Waals surface area (Å²) in [4.78, 5) is 30.2. The van der Waals surface area contributed by atoms with Crippen LogP contribution in [-0.2, 0) is 16.0 Å².